The van der Waals surface area contributed by atoms with E-state index < -0.39 is 17.8 Å². The van der Waals surface area contributed by atoms with Gasteiger partial charge in [-0.2, -0.15) is 4.80 Å². The van der Waals surface area contributed by atoms with Gasteiger partial charge < -0.3 is 9.88 Å². The Morgan fingerprint density at radius 1 is 1.09 bits per heavy atom. The molecule has 11 heteroatoms. The zero-order chi connectivity index (χ0) is 24.4. The number of halogens is 2. The van der Waals surface area contributed by atoms with E-state index in [9.17, 15) is 9.18 Å². The monoisotopic (exact) mass is 494 g/mol. The Morgan fingerprint density at radius 3 is 2.69 bits per heavy atom. The molecule has 2 aromatic heterocycles. The molecule has 1 aliphatic heterocycles. The molecule has 0 saturated carbocycles. The van der Waals surface area contributed by atoms with Crippen LogP contribution in [0.25, 0.3) is 22.8 Å². The van der Waals surface area contributed by atoms with Crippen LogP contribution < -0.4 is 5.32 Å². The average Bonchev–Trinajstić information content (AvgIpc) is 3.43. The Labute approximate surface area is 206 Å². The van der Waals surface area contributed by atoms with E-state index >= 15 is 0 Å². The van der Waals surface area contributed by atoms with E-state index in [1.807, 2.05) is 6.92 Å². The first kappa shape index (κ1) is 23.1. The van der Waals surface area contributed by atoms with Crippen LogP contribution in [-0.2, 0) is 17.8 Å². The highest BCUT2D eigenvalue weighted by Gasteiger charge is 2.24. The molecule has 1 N–H and O–H groups in total. The first-order valence-corrected chi connectivity index (χ1v) is 12.0. The summed E-state index contributed by atoms with van der Waals surface area (Å²) in [5.41, 5.74) is 1.48. The van der Waals surface area contributed by atoms with Crippen LogP contribution in [0.1, 0.15) is 44.5 Å². The highest BCUT2D eigenvalue weighted by atomic mass is 35.5. The topological polar surface area (TPSA) is 103 Å². The van der Waals surface area contributed by atoms with Crippen LogP contribution in [-0.4, -0.2) is 40.9 Å². The highest BCUT2D eigenvalue weighted by molar-refractivity contribution is 6.30. The van der Waals surface area contributed by atoms with Crippen molar-refractivity contribution < 1.29 is 9.18 Å². The second-order valence-corrected chi connectivity index (χ2v) is 8.89. The molecule has 3 heterocycles. The Hall–Kier alpha value is -3.66. The van der Waals surface area contributed by atoms with E-state index in [-0.39, 0.29) is 5.69 Å². The van der Waals surface area contributed by atoms with Crippen molar-refractivity contribution in [1.29, 1.82) is 0 Å². The van der Waals surface area contributed by atoms with Gasteiger partial charge in [-0.3, -0.25) is 4.79 Å². The molecular formula is C24H24ClFN8O. The Bertz CT molecular complexity index is 1350. The molecule has 0 radical (unpaired) electrons. The van der Waals surface area contributed by atoms with Crippen LogP contribution in [0.3, 0.4) is 0 Å². The minimum absolute atomic E-state index is 0.0648. The molecule has 0 bridgehead atoms. The molecule has 1 amide bonds. The Morgan fingerprint density at radius 2 is 1.89 bits per heavy atom. The number of amides is 1. The zero-order valence-electron chi connectivity index (χ0n) is 19.2. The lowest BCUT2D eigenvalue weighted by Gasteiger charge is -2.15. The number of tetrazole rings is 1. The number of carbonyl (C=O) groups is 1. The fraction of sp³-hybridized carbons (Fsp3) is 0.333. The van der Waals surface area contributed by atoms with Gasteiger partial charge >= 0.3 is 0 Å². The third-order valence-corrected chi connectivity index (χ3v) is 6.34. The van der Waals surface area contributed by atoms with Crippen LogP contribution in [0.15, 0.2) is 42.5 Å². The molecular weight excluding hydrogens is 471 g/mol. The van der Waals surface area contributed by atoms with Crippen molar-refractivity contribution in [3.63, 3.8) is 0 Å². The molecule has 180 valence electrons. The summed E-state index contributed by atoms with van der Waals surface area (Å²) in [4.78, 5) is 14.4. The summed E-state index contributed by atoms with van der Waals surface area (Å²) < 4.78 is 16.8. The van der Waals surface area contributed by atoms with Crippen molar-refractivity contribution in [2.75, 3.05) is 5.32 Å². The van der Waals surface area contributed by atoms with Crippen LogP contribution in [0.2, 0.25) is 5.02 Å². The van der Waals surface area contributed by atoms with Crippen molar-refractivity contribution in [1.82, 2.24) is 35.0 Å². The second kappa shape index (κ2) is 9.91. The number of rotatable bonds is 6. The van der Waals surface area contributed by atoms with Gasteiger partial charge in [0.2, 0.25) is 5.82 Å². The minimum Gasteiger partial charge on any atom is -0.322 e. The number of aryl methyl sites for hydroxylation is 1. The number of nitrogens with zero attached hydrogens (tertiary/aromatic N) is 7. The predicted molar refractivity (Wildman–Crippen MR) is 129 cm³/mol. The minimum atomic E-state index is -0.768. The third-order valence-electron chi connectivity index (χ3n) is 6.09. The van der Waals surface area contributed by atoms with Gasteiger partial charge in [-0.05, 0) is 66.9 Å². The largest absolute Gasteiger partial charge is 0.322 e. The number of anilines is 1. The molecule has 2 aromatic carbocycles. The van der Waals surface area contributed by atoms with E-state index in [4.69, 9.17) is 11.6 Å². The standard InChI is InChI=1S/C24H24ClFN8O/c1-2-20(34-31-22(29-32-34)15-7-10-17(25)11-8-15)24(35)27-19-14-16(9-12-18(19)26)23-30-28-21-6-4-3-5-13-33(21)23/h7-12,14,20H,2-6,13H2,1H3,(H,27,35). The predicted octanol–water partition coefficient (Wildman–Crippen LogP) is 4.71. The van der Waals surface area contributed by atoms with Crippen molar-refractivity contribution in [2.24, 2.45) is 0 Å². The number of aromatic nitrogens is 7. The molecule has 1 unspecified atom stereocenters. The lowest BCUT2D eigenvalue weighted by molar-refractivity contribution is -0.120. The van der Waals surface area contributed by atoms with Gasteiger partial charge in [0, 0.05) is 29.1 Å². The van der Waals surface area contributed by atoms with Crippen molar-refractivity contribution >= 4 is 23.2 Å². The van der Waals surface area contributed by atoms with Gasteiger partial charge in [0.1, 0.15) is 11.6 Å². The summed E-state index contributed by atoms with van der Waals surface area (Å²) in [6, 6.07) is 10.8. The maximum atomic E-state index is 14.7. The molecule has 35 heavy (non-hydrogen) atoms. The number of hydrogen-bond donors (Lipinski definition) is 1. The number of carbonyl (C=O) groups excluding carboxylic acids is 1. The van der Waals surface area contributed by atoms with E-state index in [1.165, 1.54) is 10.9 Å². The fourth-order valence-electron chi connectivity index (χ4n) is 4.20. The molecule has 0 aliphatic carbocycles. The van der Waals surface area contributed by atoms with Gasteiger partial charge in [0.25, 0.3) is 5.91 Å². The number of nitrogens with one attached hydrogen (secondary N) is 1. The molecule has 0 saturated heterocycles. The second-order valence-electron chi connectivity index (χ2n) is 8.45. The van der Waals surface area contributed by atoms with Gasteiger partial charge in [-0.25, -0.2) is 4.39 Å². The summed E-state index contributed by atoms with van der Waals surface area (Å²) >= 11 is 5.94. The van der Waals surface area contributed by atoms with E-state index in [0.717, 1.165) is 43.6 Å². The number of hydrogen-bond acceptors (Lipinski definition) is 6. The Kier molecular flexibility index (Phi) is 6.54. The summed E-state index contributed by atoms with van der Waals surface area (Å²) in [6.45, 7) is 2.65. The number of fused-ring (bicyclic) bond motifs is 1. The fourth-order valence-corrected chi connectivity index (χ4v) is 4.33. The molecule has 5 rings (SSSR count). The zero-order valence-corrected chi connectivity index (χ0v) is 19.9. The van der Waals surface area contributed by atoms with Gasteiger partial charge in [0.05, 0.1) is 5.69 Å². The molecule has 1 aliphatic rings. The van der Waals surface area contributed by atoms with Crippen molar-refractivity contribution in [2.45, 2.75) is 51.6 Å². The SMILES string of the molecule is CCC(C(=O)Nc1cc(-c2nnc3n2CCCCC3)ccc1F)n1nnc(-c2ccc(Cl)cc2)n1. The van der Waals surface area contributed by atoms with Crippen molar-refractivity contribution in [3.05, 3.63) is 59.1 Å². The van der Waals surface area contributed by atoms with Crippen LogP contribution in [0, 0.1) is 5.82 Å². The smallest absolute Gasteiger partial charge is 0.251 e. The molecule has 0 fully saturated rings. The lowest BCUT2D eigenvalue weighted by Crippen LogP contribution is -2.27. The third kappa shape index (κ3) is 4.79. The molecule has 4 aromatic rings. The first-order chi connectivity index (χ1) is 17.0. The normalized spacial score (nSPS) is 14.3. The van der Waals surface area contributed by atoms with E-state index in [1.54, 1.807) is 36.4 Å². The average molecular weight is 495 g/mol. The summed E-state index contributed by atoms with van der Waals surface area (Å²) in [6.07, 6.45) is 4.53. The molecule has 1 atom stereocenters. The number of benzene rings is 2. The van der Waals surface area contributed by atoms with Crippen LogP contribution >= 0.6 is 11.6 Å². The van der Waals surface area contributed by atoms with Crippen molar-refractivity contribution in [3.8, 4) is 22.8 Å². The Balaban J connectivity index is 1.37. The van der Waals surface area contributed by atoms with Gasteiger partial charge in [-0.1, -0.05) is 24.9 Å². The van der Waals surface area contributed by atoms with Gasteiger partial charge in [0.15, 0.2) is 11.9 Å². The quantitative estimate of drug-likeness (QED) is 0.416. The maximum Gasteiger partial charge on any atom is 0.251 e. The van der Waals surface area contributed by atoms with E-state index in [0.29, 0.717) is 28.7 Å². The van der Waals surface area contributed by atoms with E-state index in [2.05, 4.69) is 35.5 Å². The first-order valence-electron chi connectivity index (χ1n) is 11.6. The lowest BCUT2D eigenvalue weighted by atomic mass is 10.1. The summed E-state index contributed by atoms with van der Waals surface area (Å²) in [5, 5.41) is 24.4. The van der Waals surface area contributed by atoms with Crippen LogP contribution in [0.4, 0.5) is 10.1 Å². The van der Waals surface area contributed by atoms with Crippen LogP contribution in [0.5, 0.6) is 0 Å². The molecule has 9 nitrogen and oxygen atoms in total. The molecule has 0 spiro atoms. The highest BCUT2D eigenvalue weighted by Crippen LogP contribution is 2.27. The maximum absolute atomic E-state index is 14.7. The summed E-state index contributed by atoms with van der Waals surface area (Å²) in [5.74, 6) is 1.00. The summed E-state index contributed by atoms with van der Waals surface area (Å²) in [7, 11) is 0. The van der Waals surface area contributed by atoms with Gasteiger partial charge in [-0.15, -0.1) is 20.4 Å².